The molecule has 0 radical (unpaired) electrons. The quantitative estimate of drug-likeness (QED) is 0.900. The zero-order chi connectivity index (χ0) is 16.3. The Morgan fingerprint density at radius 2 is 1.83 bits per heavy atom. The molecule has 2 aliphatic rings. The second-order valence-electron chi connectivity index (χ2n) is 7.27. The summed E-state index contributed by atoms with van der Waals surface area (Å²) in [5, 5.41) is 0. The second-order valence-corrected chi connectivity index (χ2v) is 9.24. The molecule has 0 amide bonds. The van der Waals surface area contributed by atoms with Crippen molar-refractivity contribution in [2.75, 3.05) is 26.2 Å². The Balaban J connectivity index is 1.55. The molecule has 0 bridgehead atoms. The molecule has 1 aliphatic heterocycles. The molecule has 23 heavy (non-hydrogen) atoms. The van der Waals surface area contributed by atoms with Crippen molar-refractivity contribution in [3.05, 3.63) is 35.9 Å². The van der Waals surface area contributed by atoms with Crippen LogP contribution in [0.4, 0.5) is 0 Å². The van der Waals surface area contributed by atoms with Crippen LogP contribution in [0.15, 0.2) is 30.3 Å². The Hall–Kier alpha value is -0.910. The van der Waals surface area contributed by atoms with E-state index in [9.17, 15) is 8.42 Å². The van der Waals surface area contributed by atoms with E-state index in [1.54, 1.807) is 9.21 Å². The molecule has 3 rings (SSSR count). The highest BCUT2D eigenvalue weighted by Crippen LogP contribution is 2.22. The average molecular weight is 338 g/mol. The lowest BCUT2D eigenvalue weighted by atomic mass is 9.86. The van der Waals surface area contributed by atoms with Gasteiger partial charge in [-0.05, 0) is 24.3 Å². The number of benzene rings is 1. The van der Waals surface area contributed by atoms with Crippen molar-refractivity contribution in [1.82, 2.24) is 4.31 Å². The van der Waals surface area contributed by atoms with Crippen LogP contribution >= 0.6 is 0 Å². The molecule has 2 fully saturated rings. The number of nitrogens with one attached hydrogen (secondary N) is 1. The largest absolute Gasteiger partial charge is 0.330 e. The van der Waals surface area contributed by atoms with Gasteiger partial charge in [0.05, 0.1) is 38.0 Å². The van der Waals surface area contributed by atoms with Crippen molar-refractivity contribution in [3.63, 3.8) is 0 Å². The molecule has 4 nitrogen and oxygen atoms in total. The third-order valence-electron chi connectivity index (χ3n) is 5.46. The van der Waals surface area contributed by atoms with Gasteiger partial charge in [0.1, 0.15) is 0 Å². The topological polar surface area (TPSA) is 41.8 Å². The number of hydrogen-bond acceptors (Lipinski definition) is 2. The van der Waals surface area contributed by atoms with Crippen LogP contribution < -0.4 is 4.90 Å². The van der Waals surface area contributed by atoms with E-state index < -0.39 is 10.0 Å². The molecular formula is C18H29N2O2S+. The van der Waals surface area contributed by atoms with Gasteiger partial charge >= 0.3 is 0 Å². The Labute approximate surface area is 140 Å². The average Bonchev–Trinajstić information content (AvgIpc) is 2.55. The van der Waals surface area contributed by atoms with E-state index in [1.165, 1.54) is 25.7 Å². The van der Waals surface area contributed by atoms with Crippen molar-refractivity contribution in [1.29, 1.82) is 0 Å². The predicted molar refractivity (Wildman–Crippen MR) is 92.8 cm³/mol. The van der Waals surface area contributed by atoms with Crippen molar-refractivity contribution < 1.29 is 13.3 Å². The van der Waals surface area contributed by atoms with Gasteiger partial charge in [0.2, 0.25) is 10.0 Å². The first-order chi connectivity index (χ1) is 11.0. The van der Waals surface area contributed by atoms with Gasteiger partial charge in [-0.3, -0.25) is 0 Å². The van der Waals surface area contributed by atoms with Gasteiger partial charge in [-0.2, -0.15) is 4.31 Å². The lowest BCUT2D eigenvalue weighted by Crippen LogP contribution is -3.18. The molecule has 1 aromatic carbocycles. The van der Waals surface area contributed by atoms with E-state index in [1.807, 2.05) is 30.3 Å². The number of nitrogens with zero attached hydrogens (tertiary/aromatic N) is 1. The number of hydrogen-bond donors (Lipinski definition) is 1. The Bertz CT molecular complexity index is 595. The molecule has 1 saturated heterocycles. The number of quaternary nitrogens is 1. The molecule has 1 aliphatic carbocycles. The fourth-order valence-corrected chi connectivity index (χ4v) is 5.68. The van der Waals surface area contributed by atoms with Gasteiger partial charge in [-0.25, -0.2) is 8.42 Å². The fourth-order valence-electron chi connectivity index (χ4n) is 4.14. The fraction of sp³-hybridized carbons (Fsp3) is 0.667. The van der Waals surface area contributed by atoms with Crippen LogP contribution in [-0.2, 0) is 15.8 Å². The zero-order valence-electron chi connectivity index (χ0n) is 14.1. The molecule has 5 heteroatoms. The lowest BCUT2D eigenvalue weighted by molar-refractivity contribution is -0.930. The van der Waals surface area contributed by atoms with E-state index in [-0.39, 0.29) is 5.75 Å². The third-order valence-corrected chi connectivity index (χ3v) is 7.31. The minimum absolute atomic E-state index is 0.129. The number of rotatable bonds is 4. The van der Waals surface area contributed by atoms with Gasteiger partial charge in [0.15, 0.2) is 0 Å². The summed E-state index contributed by atoms with van der Waals surface area (Å²) in [5.41, 5.74) is 0.878. The van der Waals surface area contributed by atoms with E-state index in [4.69, 9.17) is 0 Å². The van der Waals surface area contributed by atoms with Gasteiger partial charge in [-0.15, -0.1) is 0 Å². The minimum atomic E-state index is -3.18. The van der Waals surface area contributed by atoms with Crippen LogP contribution in [-0.4, -0.2) is 44.9 Å². The van der Waals surface area contributed by atoms with E-state index in [2.05, 4.69) is 6.92 Å². The maximum absolute atomic E-state index is 12.6. The van der Waals surface area contributed by atoms with Crippen molar-refractivity contribution in [2.45, 2.75) is 44.4 Å². The van der Waals surface area contributed by atoms with Crippen molar-refractivity contribution in [2.24, 2.45) is 5.92 Å². The summed E-state index contributed by atoms with van der Waals surface area (Å²) in [6, 6.07) is 10.3. The standard InChI is InChI=1S/C18H28N2O2S/c1-16-6-5-9-18(14-16)19-10-12-20(13-11-19)23(21,22)15-17-7-3-2-4-8-17/h2-4,7-8,16,18H,5-6,9-15H2,1H3/p+1/t16-,18+/m0/s1. The summed E-state index contributed by atoms with van der Waals surface area (Å²) in [6.07, 6.45) is 5.33. The smallest absolute Gasteiger partial charge is 0.218 e. The number of sulfonamides is 1. The maximum Gasteiger partial charge on any atom is 0.218 e. The van der Waals surface area contributed by atoms with Crippen LogP contribution in [0.3, 0.4) is 0 Å². The molecular weight excluding hydrogens is 308 g/mol. The van der Waals surface area contributed by atoms with Crippen molar-refractivity contribution >= 4 is 10.0 Å². The maximum atomic E-state index is 12.6. The Morgan fingerprint density at radius 1 is 1.13 bits per heavy atom. The van der Waals surface area contributed by atoms with Crippen LogP contribution in [0.25, 0.3) is 0 Å². The molecule has 1 N–H and O–H groups in total. The van der Waals surface area contributed by atoms with Gasteiger partial charge in [-0.1, -0.05) is 43.7 Å². The van der Waals surface area contributed by atoms with Gasteiger partial charge in [0, 0.05) is 6.42 Å². The van der Waals surface area contributed by atoms with E-state index >= 15 is 0 Å². The SMILES string of the molecule is C[C@H]1CCC[C@@H]([NH+]2CCN(S(=O)(=O)Cc3ccccc3)CC2)C1. The third kappa shape index (κ3) is 4.34. The molecule has 0 aromatic heterocycles. The van der Waals surface area contributed by atoms with E-state index in [0.29, 0.717) is 13.1 Å². The summed E-state index contributed by atoms with van der Waals surface area (Å²) >= 11 is 0. The summed E-state index contributed by atoms with van der Waals surface area (Å²) in [7, 11) is -3.18. The Morgan fingerprint density at radius 3 is 2.48 bits per heavy atom. The summed E-state index contributed by atoms with van der Waals surface area (Å²) < 4.78 is 26.9. The van der Waals surface area contributed by atoms with Crippen molar-refractivity contribution in [3.8, 4) is 0 Å². The highest BCUT2D eigenvalue weighted by molar-refractivity contribution is 7.88. The molecule has 1 saturated carbocycles. The molecule has 0 spiro atoms. The van der Waals surface area contributed by atoms with Gasteiger partial charge in [0.25, 0.3) is 0 Å². The zero-order valence-corrected chi connectivity index (χ0v) is 14.9. The predicted octanol–water partition coefficient (Wildman–Crippen LogP) is 1.30. The summed E-state index contributed by atoms with van der Waals surface area (Å²) in [6.45, 7) is 5.63. The normalized spacial score (nSPS) is 27.9. The molecule has 2 atom stereocenters. The first-order valence-corrected chi connectivity index (χ1v) is 10.5. The van der Waals surface area contributed by atoms with Crippen LogP contribution in [0.5, 0.6) is 0 Å². The second kappa shape index (κ2) is 7.32. The molecule has 128 valence electrons. The Kier molecular flexibility index (Phi) is 5.39. The molecule has 1 aromatic rings. The lowest BCUT2D eigenvalue weighted by Gasteiger charge is -2.38. The van der Waals surface area contributed by atoms with Crippen LogP contribution in [0, 0.1) is 5.92 Å². The first kappa shape index (κ1) is 16.9. The summed E-state index contributed by atoms with van der Waals surface area (Å²) in [4.78, 5) is 1.63. The highest BCUT2D eigenvalue weighted by Gasteiger charge is 2.34. The number of piperazine rings is 1. The minimum Gasteiger partial charge on any atom is -0.330 e. The first-order valence-electron chi connectivity index (χ1n) is 8.91. The molecule has 1 heterocycles. The van der Waals surface area contributed by atoms with Crippen LogP contribution in [0.1, 0.15) is 38.2 Å². The summed E-state index contributed by atoms with van der Waals surface area (Å²) in [5.74, 6) is 0.963. The highest BCUT2D eigenvalue weighted by atomic mass is 32.2. The molecule has 0 unspecified atom stereocenters. The van der Waals surface area contributed by atoms with E-state index in [0.717, 1.165) is 30.6 Å². The monoisotopic (exact) mass is 337 g/mol. The van der Waals surface area contributed by atoms with Gasteiger partial charge < -0.3 is 4.90 Å². The van der Waals surface area contributed by atoms with Crippen LogP contribution in [0.2, 0.25) is 0 Å².